The molecule has 1 atom stereocenters. The molecule has 1 rings (SSSR count). The predicted octanol–water partition coefficient (Wildman–Crippen LogP) is 3.55. The molecule has 0 aliphatic carbocycles. The molecule has 0 fully saturated rings. The number of hydrogen-bond donors (Lipinski definition) is 1. The van der Waals surface area contributed by atoms with Gasteiger partial charge in [0.15, 0.2) is 11.5 Å². The van der Waals surface area contributed by atoms with Gasteiger partial charge in [-0.25, -0.2) is 0 Å². The van der Waals surface area contributed by atoms with E-state index in [1.165, 1.54) is 0 Å². The Kier molecular flexibility index (Phi) is 7.60. The zero-order valence-corrected chi connectivity index (χ0v) is 12.7. The lowest BCUT2D eigenvalue weighted by Gasteiger charge is -2.22. The van der Waals surface area contributed by atoms with Crippen molar-refractivity contribution in [3.05, 3.63) is 23.8 Å². The molecule has 0 saturated carbocycles. The van der Waals surface area contributed by atoms with Crippen LogP contribution in [0.25, 0.3) is 0 Å². The SMILES string of the molecule is C#CCCCC(NCCC)c1cccc(OC)c1OC. The van der Waals surface area contributed by atoms with Crippen LogP contribution in [0.1, 0.15) is 44.2 Å². The van der Waals surface area contributed by atoms with E-state index in [2.05, 4.69) is 24.2 Å². The number of hydrogen-bond acceptors (Lipinski definition) is 3. The minimum Gasteiger partial charge on any atom is -0.493 e. The van der Waals surface area contributed by atoms with E-state index in [1.54, 1.807) is 14.2 Å². The van der Waals surface area contributed by atoms with Crippen LogP contribution >= 0.6 is 0 Å². The number of benzene rings is 1. The summed E-state index contributed by atoms with van der Waals surface area (Å²) in [6.45, 7) is 3.13. The van der Waals surface area contributed by atoms with Crippen LogP contribution in [0, 0.1) is 12.3 Å². The summed E-state index contributed by atoms with van der Waals surface area (Å²) < 4.78 is 10.9. The third kappa shape index (κ3) is 4.47. The zero-order chi connectivity index (χ0) is 14.8. The number of para-hydroxylation sites is 1. The Balaban J connectivity index is 2.96. The Labute approximate surface area is 122 Å². The fraction of sp³-hybridized carbons (Fsp3) is 0.529. The van der Waals surface area contributed by atoms with E-state index >= 15 is 0 Å². The molecule has 0 aromatic heterocycles. The maximum absolute atomic E-state index is 5.53. The normalized spacial score (nSPS) is 11.7. The van der Waals surface area contributed by atoms with Crippen LogP contribution in [-0.2, 0) is 0 Å². The highest BCUT2D eigenvalue weighted by atomic mass is 16.5. The highest BCUT2D eigenvalue weighted by molar-refractivity contribution is 5.48. The van der Waals surface area contributed by atoms with Gasteiger partial charge in [-0.05, 0) is 31.9 Å². The fourth-order valence-corrected chi connectivity index (χ4v) is 2.28. The van der Waals surface area contributed by atoms with Crippen LogP contribution in [0.5, 0.6) is 11.5 Å². The van der Waals surface area contributed by atoms with E-state index in [4.69, 9.17) is 15.9 Å². The van der Waals surface area contributed by atoms with Gasteiger partial charge in [0.1, 0.15) is 0 Å². The van der Waals surface area contributed by atoms with E-state index in [1.807, 2.05) is 12.1 Å². The van der Waals surface area contributed by atoms with Gasteiger partial charge in [0, 0.05) is 18.0 Å². The highest BCUT2D eigenvalue weighted by Gasteiger charge is 2.18. The lowest BCUT2D eigenvalue weighted by molar-refractivity contribution is 0.344. The van der Waals surface area contributed by atoms with E-state index < -0.39 is 0 Å². The van der Waals surface area contributed by atoms with Crippen LogP contribution in [-0.4, -0.2) is 20.8 Å². The maximum Gasteiger partial charge on any atom is 0.165 e. The summed E-state index contributed by atoms with van der Waals surface area (Å²) in [7, 11) is 3.34. The van der Waals surface area contributed by atoms with Gasteiger partial charge in [-0.3, -0.25) is 0 Å². The van der Waals surface area contributed by atoms with E-state index in [0.29, 0.717) is 0 Å². The second-order valence-corrected chi connectivity index (χ2v) is 4.69. The van der Waals surface area contributed by atoms with Gasteiger partial charge in [-0.1, -0.05) is 19.1 Å². The molecule has 0 amide bonds. The standard InChI is InChI=1S/C17H25NO2/c1-5-7-8-11-15(18-13-6-2)14-10-9-12-16(19-3)17(14)20-4/h1,9-10,12,15,18H,6-8,11,13H2,2-4H3. The van der Waals surface area contributed by atoms with Crippen LogP contribution in [0.3, 0.4) is 0 Å². The summed E-state index contributed by atoms with van der Waals surface area (Å²) in [5, 5.41) is 3.57. The topological polar surface area (TPSA) is 30.5 Å². The Hall–Kier alpha value is -1.66. The quantitative estimate of drug-likeness (QED) is 0.552. The molecule has 0 spiro atoms. The summed E-state index contributed by atoms with van der Waals surface area (Å²) in [4.78, 5) is 0. The van der Waals surface area contributed by atoms with Crippen molar-refractivity contribution in [1.29, 1.82) is 0 Å². The second-order valence-electron chi connectivity index (χ2n) is 4.69. The van der Waals surface area contributed by atoms with E-state index in [0.717, 1.165) is 49.3 Å². The highest BCUT2D eigenvalue weighted by Crippen LogP contribution is 2.36. The van der Waals surface area contributed by atoms with Gasteiger partial charge < -0.3 is 14.8 Å². The van der Waals surface area contributed by atoms with Gasteiger partial charge in [-0.2, -0.15) is 0 Å². The summed E-state index contributed by atoms with van der Waals surface area (Å²) in [6, 6.07) is 6.25. The number of ether oxygens (including phenoxy) is 2. The van der Waals surface area contributed by atoms with Crippen LogP contribution in [0.4, 0.5) is 0 Å². The number of terminal acetylenes is 1. The van der Waals surface area contributed by atoms with Crippen LogP contribution in [0.2, 0.25) is 0 Å². The molecule has 0 heterocycles. The van der Waals surface area contributed by atoms with Gasteiger partial charge >= 0.3 is 0 Å². The van der Waals surface area contributed by atoms with E-state index in [-0.39, 0.29) is 6.04 Å². The van der Waals surface area contributed by atoms with Crippen LogP contribution < -0.4 is 14.8 Å². The Morgan fingerprint density at radius 2 is 2.10 bits per heavy atom. The minimum atomic E-state index is 0.244. The largest absolute Gasteiger partial charge is 0.493 e. The van der Waals surface area contributed by atoms with Gasteiger partial charge in [0.25, 0.3) is 0 Å². The van der Waals surface area contributed by atoms with Crippen LogP contribution in [0.15, 0.2) is 18.2 Å². The fourth-order valence-electron chi connectivity index (χ4n) is 2.28. The number of unbranched alkanes of at least 4 members (excludes halogenated alkanes) is 1. The number of rotatable bonds is 9. The minimum absolute atomic E-state index is 0.244. The molecule has 1 aromatic carbocycles. The molecule has 0 aliphatic heterocycles. The first kappa shape index (κ1) is 16.4. The smallest absolute Gasteiger partial charge is 0.165 e. The zero-order valence-electron chi connectivity index (χ0n) is 12.7. The molecule has 0 aliphatic rings. The lowest BCUT2D eigenvalue weighted by atomic mass is 9.99. The van der Waals surface area contributed by atoms with Crippen molar-refractivity contribution in [1.82, 2.24) is 5.32 Å². The molecule has 20 heavy (non-hydrogen) atoms. The molecule has 1 N–H and O–H groups in total. The molecule has 1 unspecified atom stereocenters. The average molecular weight is 275 g/mol. The first-order valence-electron chi connectivity index (χ1n) is 7.16. The molecular weight excluding hydrogens is 250 g/mol. The van der Waals surface area contributed by atoms with Gasteiger partial charge in [0.2, 0.25) is 0 Å². The lowest BCUT2D eigenvalue weighted by Crippen LogP contribution is -2.22. The molecule has 3 nitrogen and oxygen atoms in total. The third-order valence-corrected chi connectivity index (χ3v) is 3.26. The number of nitrogens with one attached hydrogen (secondary N) is 1. The monoisotopic (exact) mass is 275 g/mol. The van der Waals surface area contributed by atoms with Crippen molar-refractivity contribution in [3.8, 4) is 23.8 Å². The second kappa shape index (κ2) is 9.28. The first-order valence-corrected chi connectivity index (χ1v) is 7.16. The van der Waals surface area contributed by atoms with Gasteiger partial charge in [0.05, 0.1) is 14.2 Å². The molecule has 110 valence electrons. The average Bonchev–Trinajstić information content (AvgIpc) is 2.49. The summed E-state index contributed by atoms with van der Waals surface area (Å²) in [5.74, 6) is 4.28. The summed E-state index contributed by atoms with van der Waals surface area (Å²) >= 11 is 0. The molecule has 3 heteroatoms. The van der Waals surface area contributed by atoms with Crippen molar-refractivity contribution in [2.45, 2.75) is 38.6 Å². The van der Waals surface area contributed by atoms with Crippen molar-refractivity contribution >= 4 is 0 Å². The molecular formula is C17H25NO2. The third-order valence-electron chi connectivity index (χ3n) is 3.26. The van der Waals surface area contributed by atoms with Crippen molar-refractivity contribution in [3.63, 3.8) is 0 Å². The van der Waals surface area contributed by atoms with Crippen molar-refractivity contribution in [2.24, 2.45) is 0 Å². The first-order chi connectivity index (χ1) is 9.78. The van der Waals surface area contributed by atoms with Gasteiger partial charge in [-0.15, -0.1) is 12.3 Å². The molecule has 0 radical (unpaired) electrons. The maximum atomic E-state index is 5.53. The molecule has 0 saturated heterocycles. The summed E-state index contributed by atoms with van der Waals surface area (Å²) in [5.41, 5.74) is 1.14. The molecule has 1 aromatic rings. The van der Waals surface area contributed by atoms with Crippen molar-refractivity contribution < 1.29 is 9.47 Å². The number of methoxy groups -OCH3 is 2. The Morgan fingerprint density at radius 1 is 1.30 bits per heavy atom. The van der Waals surface area contributed by atoms with Crippen molar-refractivity contribution in [2.75, 3.05) is 20.8 Å². The molecule has 0 bridgehead atoms. The Bertz CT molecular complexity index is 437. The Morgan fingerprint density at radius 3 is 2.70 bits per heavy atom. The van der Waals surface area contributed by atoms with E-state index in [9.17, 15) is 0 Å². The summed E-state index contributed by atoms with van der Waals surface area (Å²) in [6.07, 6.45) is 9.23. The predicted molar refractivity (Wildman–Crippen MR) is 83.3 cm³/mol.